The minimum absolute atomic E-state index is 0.272. The average molecular weight is 322 g/mol. The van der Waals surface area contributed by atoms with E-state index in [2.05, 4.69) is 26.9 Å². The molecule has 0 spiro atoms. The quantitative estimate of drug-likeness (QED) is 0.400. The number of ether oxygens (including phenoxy) is 2. The number of pyridine rings is 1. The summed E-state index contributed by atoms with van der Waals surface area (Å²) >= 11 is 0. The Balaban J connectivity index is 2.54. The highest BCUT2D eigenvalue weighted by Gasteiger charge is 2.15. The highest BCUT2D eigenvalue weighted by atomic mass is 19.1. The van der Waals surface area contributed by atoms with E-state index in [1.807, 2.05) is 0 Å². The Labute approximate surface area is 134 Å². The standard InChI is InChI=1S/C16H19FN2O4/c1-16(2,3)23-15(21)18-8-6-5-7-11-9-12(14(20)22-4)13(17)19-10-11/h9-10H,6,8H2,1-4H3,(H,18,21). The van der Waals surface area contributed by atoms with E-state index in [0.29, 0.717) is 18.5 Å². The first-order chi connectivity index (χ1) is 10.7. The molecule has 0 aliphatic rings. The van der Waals surface area contributed by atoms with E-state index in [1.165, 1.54) is 12.3 Å². The summed E-state index contributed by atoms with van der Waals surface area (Å²) in [7, 11) is 1.16. The summed E-state index contributed by atoms with van der Waals surface area (Å²) in [6.45, 7) is 5.62. The second-order valence-electron chi connectivity index (χ2n) is 5.53. The molecule has 0 unspecified atom stereocenters. The zero-order chi connectivity index (χ0) is 17.5. The van der Waals surface area contributed by atoms with Gasteiger partial charge in [-0.2, -0.15) is 4.39 Å². The van der Waals surface area contributed by atoms with Crippen molar-refractivity contribution in [2.24, 2.45) is 0 Å². The normalized spacial score (nSPS) is 10.3. The highest BCUT2D eigenvalue weighted by Crippen LogP contribution is 2.08. The number of alkyl carbamates (subject to hydrolysis) is 1. The second-order valence-corrected chi connectivity index (χ2v) is 5.53. The van der Waals surface area contributed by atoms with Crippen molar-refractivity contribution in [3.8, 4) is 11.8 Å². The molecule has 0 atom stereocenters. The van der Waals surface area contributed by atoms with Gasteiger partial charge in [-0.3, -0.25) is 0 Å². The molecule has 0 aliphatic heterocycles. The van der Waals surface area contributed by atoms with Gasteiger partial charge in [0.15, 0.2) is 0 Å². The van der Waals surface area contributed by atoms with Crippen molar-refractivity contribution in [1.29, 1.82) is 0 Å². The number of rotatable bonds is 3. The molecular weight excluding hydrogens is 303 g/mol. The molecule has 1 aromatic rings. The molecule has 6 nitrogen and oxygen atoms in total. The molecule has 1 aromatic heterocycles. The Morgan fingerprint density at radius 1 is 1.39 bits per heavy atom. The van der Waals surface area contributed by atoms with Crippen LogP contribution in [0.25, 0.3) is 0 Å². The summed E-state index contributed by atoms with van der Waals surface area (Å²) in [6.07, 6.45) is 1.07. The first kappa shape index (κ1) is 18.4. The van der Waals surface area contributed by atoms with Crippen molar-refractivity contribution >= 4 is 12.1 Å². The van der Waals surface area contributed by atoms with E-state index < -0.39 is 23.6 Å². The van der Waals surface area contributed by atoms with Gasteiger partial charge in [0, 0.05) is 24.7 Å². The van der Waals surface area contributed by atoms with Crippen LogP contribution in [0.15, 0.2) is 12.3 Å². The third-order valence-electron chi connectivity index (χ3n) is 2.40. The lowest BCUT2D eigenvalue weighted by Gasteiger charge is -2.19. The maximum Gasteiger partial charge on any atom is 0.407 e. The van der Waals surface area contributed by atoms with Gasteiger partial charge in [-0.15, -0.1) is 0 Å². The highest BCUT2D eigenvalue weighted by molar-refractivity contribution is 5.89. The van der Waals surface area contributed by atoms with Crippen molar-refractivity contribution in [3.05, 3.63) is 29.3 Å². The number of esters is 1. The fourth-order valence-electron chi connectivity index (χ4n) is 1.48. The van der Waals surface area contributed by atoms with E-state index in [9.17, 15) is 14.0 Å². The first-order valence-electron chi connectivity index (χ1n) is 6.92. The molecule has 0 saturated carbocycles. The molecule has 1 heterocycles. The zero-order valence-electron chi connectivity index (χ0n) is 13.5. The Bertz CT molecular complexity index is 642. The van der Waals surface area contributed by atoms with Crippen molar-refractivity contribution in [1.82, 2.24) is 10.3 Å². The van der Waals surface area contributed by atoms with Crippen LogP contribution in [0.4, 0.5) is 9.18 Å². The summed E-state index contributed by atoms with van der Waals surface area (Å²) in [5, 5.41) is 2.56. The summed E-state index contributed by atoms with van der Waals surface area (Å²) in [5.41, 5.74) is -0.449. The monoisotopic (exact) mass is 322 g/mol. The van der Waals surface area contributed by atoms with Crippen molar-refractivity contribution in [2.75, 3.05) is 13.7 Å². The van der Waals surface area contributed by atoms with Gasteiger partial charge in [0.2, 0.25) is 5.95 Å². The number of hydrogen-bond donors (Lipinski definition) is 1. The molecule has 0 aromatic carbocycles. The van der Waals surface area contributed by atoms with Gasteiger partial charge in [0.05, 0.1) is 7.11 Å². The van der Waals surface area contributed by atoms with Crippen molar-refractivity contribution in [2.45, 2.75) is 32.8 Å². The van der Waals surface area contributed by atoms with Crippen molar-refractivity contribution in [3.63, 3.8) is 0 Å². The molecule has 0 radical (unpaired) electrons. The second kappa shape index (κ2) is 8.13. The predicted molar refractivity (Wildman–Crippen MR) is 81.3 cm³/mol. The Hall–Kier alpha value is -2.62. The van der Waals surface area contributed by atoms with Crippen LogP contribution < -0.4 is 5.32 Å². The molecule has 0 saturated heterocycles. The lowest BCUT2D eigenvalue weighted by molar-refractivity contribution is 0.0527. The number of halogens is 1. The van der Waals surface area contributed by atoms with Crippen LogP contribution in [0.3, 0.4) is 0 Å². The Morgan fingerprint density at radius 3 is 2.70 bits per heavy atom. The van der Waals surface area contributed by atoms with E-state index in [0.717, 1.165) is 7.11 Å². The SMILES string of the molecule is COC(=O)c1cc(C#CCCNC(=O)OC(C)(C)C)cnc1F. The molecule has 124 valence electrons. The lowest BCUT2D eigenvalue weighted by Crippen LogP contribution is -2.32. The van der Waals surface area contributed by atoms with Crippen LogP contribution in [0.5, 0.6) is 0 Å². The number of carbonyl (C=O) groups excluding carboxylic acids is 2. The van der Waals surface area contributed by atoms with Crippen LogP contribution in [0.2, 0.25) is 0 Å². The third-order valence-corrected chi connectivity index (χ3v) is 2.40. The lowest BCUT2D eigenvalue weighted by atomic mass is 10.2. The van der Waals surface area contributed by atoms with E-state index in [4.69, 9.17) is 4.74 Å². The van der Waals surface area contributed by atoms with Crippen LogP contribution in [-0.2, 0) is 9.47 Å². The third kappa shape index (κ3) is 6.78. The van der Waals surface area contributed by atoms with Gasteiger partial charge in [0.25, 0.3) is 0 Å². The Kier molecular flexibility index (Phi) is 6.51. The molecule has 1 rings (SSSR count). The van der Waals surface area contributed by atoms with Gasteiger partial charge in [-0.25, -0.2) is 14.6 Å². The van der Waals surface area contributed by atoms with E-state index in [1.54, 1.807) is 20.8 Å². The molecule has 23 heavy (non-hydrogen) atoms. The van der Waals surface area contributed by atoms with Gasteiger partial charge >= 0.3 is 12.1 Å². The first-order valence-corrected chi connectivity index (χ1v) is 6.92. The molecular formula is C16H19FN2O4. The summed E-state index contributed by atoms with van der Waals surface area (Å²) in [4.78, 5) is 26.2. The van der Waals surface area contributed by atoms with Crippen LogP contribution >= 0.6 is 0 Å². The molecule has 1 N–H and O–H groups in total. The maximum atomic E-state index is 13.4. The van der Waals surface area contributed by atoms with Crippen molar-refractivity contribution < 1.29 is 23.5 Å². The number of methoxy groups -OCH3 is 1. The number of amides is 1. The minimum atomic E-state index is -0.908. The fourth-order valence-corrected chi connectivity index (χ4v) is 1.48. The minimum Gasteiger partial charge on any atom is -0.465 e. The largest absolute Gasteiger partial charge is 0.465 e. The molecule has 0 fully saturated rings. The summed E-state index contributed by atoms with van der Waals surface area (Å²) in [6, 6.07) is 1.27. The van der Waals surface area contributed by atoms with Gasteiger partial charge in [0.1, 0.15) is 11.2 Å². The number of aromatic nitrogens is 1. The van der Waals surface area contributed by atoms with Crippen LogP contribution in [0, 0.1) is 17.8 Å². The molecule has 0 bridgehead atoms. The van der Waals surface area contributed by atoms with Gasteiger partial charge in [-0.1, -0.05) is 11.8 Å². The van der Waals surface area contributed by atoms with Gasteiger partial charge in [-0.05, 0) is 26.8 Å². The topological polar surface area (TPSA) is 77.5 Å². The number of nitrogens with zero attached hydrogens (tertiary/aromatic N) is 1. The summed E-state index contributed by atoms with van der Waals surface area (Å²) < 4.78 is 22.9. The molecule has 1 amide bonds. The van der Waals surface area contributed by atoms with Crippen LogP contribution in [0.1, 0.15) is 43.1 Å². The maximum absolute atomic E-state index is 13.4. The molecule has 7 heteroatoms. The number of hydrogen-bond acceptors (Lipinski definition) is 5. The number of nitrogens with one attached hydrogen (secondary N) is 1. The average Bonchev–Trinajstić information content (AvgIpc) is 2.45. The van der Waals surface area contributed by atoms with Gasteiger partial charge < -0.3 is 14.8 Å². The number of carbonyl (C=O) groups is 2. The van der Waals surface area contributed by atoms with E-state index in [-0.39, 0.29) is 5.56 Å². The summed E-state index contributed by atoms with van der Waals surface area (Å²) in [5.74, 6) is 3.80. The fraction of sp³-hybridized carbons (Fsp3) is 0.438. The zero-order valence-corrected chi connectivity index (χ0v) is 13.5. The Morgan fingerprint density at radius 2 is 2.09 bits per heavy atom. The molecule has 0 aliphatic carbocycles. The smallest absolute Gasteiger partial charge is 0.407 e. The van der Waals surface area contributed by atoms with Crippen LogP contribution in [-0.4, -0.2) is 36.3 Å². The van der Waals surface area contributed by atoms with E-state index >= 15 is 0 Å². The predicted octanol–water partition coefficient (Wildman–Crippen LogP) is 2.27.